The van der Waals surface area contributed by atoms with Gasteiger partial charge >= 0.3 is 0 Å². The minimum atomic E-state index is -0.407. The Morgan fingerprint density at radius 3 is 2.42 bits per heavy atom. The van der Waals surface area contributed by atoms with Gasteiger partial charge in [-0.05, 0) is 49.7 Å². The topological polar surface area (TPSA) is 26.3 Å². The van der Waals surface area contributed by atoms with Gasteiger partial charge in [-0.3, -0.25) is 4.79 Å². The van der Waals surface area contributed by atoms with Gasteiger partial charge in [-0.2, -0.15) is 0 Å². The highest BCUT2D eigenvalue weighted by atomic mass is 19.1. The third-order valence-electron chi connectivity index (χ3n) is 2.90. The molecule has 0 unspecified atom stereocenters. The van der Waals surface area contributed by atoms with Crippen molar-refractivity contribution in [3.8, 4) is 5.75 Å². The molecule has 2 nitrogen and oxygen atoms in total. The minimum Gasteiger partial charge on any atom is -0.496 e. The molecule has 98 valence electrons. The molecular formula is C16H15FO2. The van der Waals surface area contributed by atoms with Gasteiger partial charge < -0.3 is 4.74 Å². The molecule has 0 heterocycles. The van der Waals surface area contributed by atoms with E-state index in [-0.39, 0.29) is 5.78 Å². The first-order valence-electron chi connectivity index (χ1n) is 5.98. The normalized spacial score (nSPS) is 10.3. The first-order valence-corrected chi connectivity index (χ1v) is 5.98. The molecule has 3 heteroatoms. The third kappa shape index (κ3) is 2.81. The van der Waals surface area contributed by atoms with Crippen LogP contribution in [0, 0.1) is 19.7 Å². The number of ketones is 1. The summed E-state index contributed by atoms with van der Waals surface area (Å²) in [5.41, 5.74) is 2.46. The Hall–Kier alpha value is -2.16. The SMILES string of the molecule is COc1ccc(C)cc1C(=O)c1cc(C)cc(F)c1. The van der Waals surface area contributed by atoms with Crippen LogP contribution in [0.5, 0.6) is 5.75 Å². The number of carbonyl (C=O) groups is 1. The Morgan fingerprint density at radius 1 is 1.05 bits per heavy atom. The van der Waals surface area contributed by atoms with Crippen LogP contribution >= 0.6 is 0 Å². The lowest BCUT2D eigenvalue weighted by molar-refractivity contribution is 0.103. The van der Waals surface area contributed by atoms with E-state index in [4.69, 9.17) is 4.74 Å². The monoisotopic (exact) mass is 258 g/mol. The van der Waals surface area contributed by atoms with Crippen molar-refractivity contribution in [2.75, 3.05) is 7.11 Å². The molecular weight excluding hydrogens is 243 g/mol. The zero-order valence-corrected chi connectivity index (χ0v) is 11.2. The van der Waals surface area contributed by atoms with E-state index in [1.165, 1.54) is 19.2 Å². The molecule has 0 aliphatic rings. The first-order chi connectivity index (χ1) is 9.01. The van der Waals surface area contributed by atoms with Gasteiger partial charge in [0.15, 0.2) is 5.78 Å². The van der Waals surface area contributed by atoms with Gasteiger partial charge in [0.25, 0.3) is 0 Å². The summed E-state index contributed by atoms with van der Waals surface area (Å²) in [6.45, 7) is 3.65. The molecule has 19 heavy (non-hydrogen) atoms. The number of halogens is 1. The van der Waals surface area contributed by atoms with E-state index < -0.39 is 5.82 Å². The summed E-state index contributed by atoms with van der Waals surface area (Å²) >= 11 is 0. The van der Waals surface area contributed by atoms with Crippen LogP contribution < -0.4 is 4.74 Å². The molecule has 0 atom stereocenters. The average Bonchev–Trinajstić information content (AvgIpc) is 2.36. The zero-order valence-electron chi connectivity index (χ0n) is 11.2. The fourth-order valence-corrected chi connectivity index (χ4v) is 2.02. The summed E-state index contributed by atoms with van der Waals surface area (Å²) in [6.07, 6.45) is 0. The van der Waals surface area contributed by atoms with Crippen LogP contribution in [0.15, 0.2) is 36.4 Å². The Kier molecular flexibility index (Phi) is 3.65. The van der Waals surface area contributed by atoms with Gasteiger partial charge in [0.05, 0.1) is 12.7 Å². The summed E-state index contributed by atoms with van der Waals surface area (Å²) in [5.74, 6) is -0.143. The van der Waals surface area contributed by atoms with Crippen molar-refractivity contribution in [2.45, 2.75) is 13.8 Å². The van der Waals surface area contributed by atoms with E-state index in [9.17, 15) is 9.18 Å². The predicted molar refractivity (Wildman–Crippen MR) is 72.3 cm³/mol. The molecule has 0 aliphatic heterocycles. The smallest absolute Gasteiger partial charge is 0.196 e. The molecule has 0 fully saturated rings. The molecule has 2 aromatic carbocycles. The number of hydrogen-bond acceptors (Lipinski definition) is 2. The molecule has 0 saturated heterocycles. The minimum absolute atomic E-state index is 0.233. The number of carbonyl (C=O) groups excluding carboxylic acids is 1. The molecule has 0 saturated carbocycles. The molecule has 2 rings (SSSR count). The second-order valence-corrected chi connectivity index (χ2v) is 4.55. The lowest BCUT2D eigenvalue weighted by Crippen LogP contribution is -2.05. The van der Waals surface area contributed by atoms with Crippen LogP contribution in [-0.2, 0) is 0 Å². The quantitative estimate of drug-likeness (QED) is 0.785. The number of aryl methyl sites for hydroxylation is 2. The fourth-order valence-electron chi connectivity index (χ4n) is 2.02. The average molecular weight is 258 g/mol. The van der Waals surface area contributed by atoms with E-state index in [2.05, 4.69) is 0 Å². The van der Waals surface area contributed by atoms with E-state index in [0.29, 0.717) is 16.9 Å². The van der Waals surface area contributed by atoms with Gasteiger partial charge in [-0.25, -0.2) is 4.39 Å². The molecule has 0 radical (unpaired) electrons. The number of rotatable bonds is 3. The number of methoxy groups -OCH3 is 1. The predicted octanol–water partition coefficient (Wildman–Crippen LogP) is 3.68. The van der Waals surface area contributed by atoms with E-state index in [1.54, 1.807) is 25.1 Å². The highest BCUT2D eigenvalue weighted by molar-refractivity contribution is 6.10. The van der Waals surface area contributed by atoms with Crippen LogP contribution in [0.2, 0.25) is 0 Å². The van der Waals surface area contributed by atoms with Crippen molar-refractivity contribution >= 4 is 5.78 Å². The van der Waals surface area contributed by atoms with Crippen molar-refractivity contribution < 1.29 is 13.9 Å². The van der Waals surface area contributed by atoms with E-state index >= 15 is 0 Å². The molecule has 0 amide bonds. The lowest BCUT2D eigenvalue weighted by Gasteiger charge is -2.09. The van der Waals surface area contributed by atoms with Crippen LogP contribution in [0.3, 0.4) is 0 Å². The highest BCUT2D eigenvalue weighted by Crippen LogP contribution is 2.23. The standard InChI is InChI=1S/C16H15FO2/c1-10-4-5-15(19-3)14(8-10)16(18)12-6-11(2)7-13(17)9-12/h4-9H,1-3H3. The Labute approximate surface area is 111 Å². The van der Waals surface area contributed by atoms with Gasteiger partial charge in [0.2, 0.25) is 0 Å². The molecule has 0 bridgehead atoms. The fraction of sp³-hybridized carbons (Fsp3) is 0.188. The van der Waals surface area contributed by atoms with Crippen molar-refractivity contribution in [1.29, 1.82) is 0 Å². The van der Waals surface area contributed by atoms with E-state index in [1.807, 2.05) is 13.0 Å². The summed E-state index contributed by atoms with van der Waals surface area (Å²) in [6, 6.07) is 9.68. The summed E-state index contributed by atoms with van der Waals surface area (Å²) < 4.78 is 18.6. The molecule has 0 aliphatic carbocycles. The van der Waals surface area contributed by atoms with Crippen LogP contribution in [0.25, 0.3) is 0 Å². The van der Waals surface area contributed by atoms with Crippen molar-refractivity contribution in [2.24, 2.45) is 0 Å². The Bertz CT molecular complexity index is 612. The van der Waals surface area contributed by atoms with Gasteiger partial charge in [-0.15, -0.1) is 0 Å². The maximum Gasteiger partial charge on any atom is 0.196 e. The zero-order chi connectivity index (χ0) is 14.0. The van der Waals surface area contributed by atoms with Crippen LogP contribution in [0.1, 0.15) is 27.0 Å². The van der Waals surface area contributed by atoms with Crippen molar-refractivity contribution in [3.05, 3.63) is 64.5 Å². The largest absolute Gasteiger partial charge is 0.496 e. The molecule has 0 aromatic heterocycles. The van der Waals surface area contributed by atoms with Gasteiger partial charge in [-0.1, -0.05) is 11.6 Å². The summed E-state index contributed by atoms with van der Waals surface area (Å²) in [4.78, 5) is 12.4. The second kappa shape index (κ2) is 5.22. The molecule has 0 spiro atoms. The Balaban J connectivity index is 2.52. The number of hydrogen-bond donors (Lipinski definition) is 0. The number of ether oxygens (including phenoxy) is 1. The molecule has 2 aromatic rings. The van der Waals surface area contributed by atoms with Crippen molar-refractivity contribution in [3.63, 3.8) is 0 Å². The van der Waals surface area contributed by atoms with Gasteiger partial charge in [0.1, 0.15) is 11.6 Å². The third-order valence-corrected chi connectivity index (χ3v) is 2.90. The maximum absolute atomic E-state index is 13.4. The molecule has 0 N–H and O–H groups in total. The van der Waals surface area contributed by atoms with Crippen LogP contribution in [-0.4, -0.2) is 12.9 Å². The van der Waals surface area contributed by atoms with Gasteiger partial charge in [0, 0.05) is 5.56 Å². The second-order valence-electron chi connectivity index (χ2n) is 4.55. The summed E-state index contributed by atoms with van der Waals surface area (Å²) in [5, 5.41) is 0. The van der Waals surface area contributed by atoms with E-state index in [0.717, 1.165) is 11.1 Å². The number of benzene rings is 2. The Morgan fingerprint density at radius 2 is 1.79 bits per heavy atom. The summed E-state index contributed by atoms with van der Waals surface area (Å²) in [7, 11) is 1.51. The maximum atomic E-state index is 13.4. The first kappa shape index (κ1) is 13.3. The lowest BCUT2D eigenvalue weighted by atomic mass is 9.99. The van der Waals surface area contributed by atoms with Crippen LogP contribution in [0.4, 0.5) is 4.39 Å². The highest BCUT2D eigenvalue weighted by Gasteiger charge is 2.15. The van der Waals surface area contributed by atoms with Crippen molar-refractivity contribution in [1.82, 2.24) is 0 Å².